The third-order valence-electron chi connectivity index (χ3n) is 3.50. The number of fused-ring (bicyclic) bond motifs is 1. The molecule has 104 valence electrons. The van der Waals surface area contributed by atoms with E-state index in [0.29, 0.717) is 11.1 Å². The SMILES string of the molecule is Cn1c(NC(=O)c2ccc(C=O)cc2)cc2ccccc21. The molecule has 3 rings (SSSR count). The molecule has 2 aromatic carbocycles. The molecule has 0 aliphatic carbocycles. The van der Waals surface area contributed by atoms with Crippen LogP contribution in [0.5, 0.6) is 0 Å². The summed E-state index contributed by atoms with van der Waals surface area (Å²) in [5, 5.41) is 3.96. The highest BCUT2D eigenvalue weighted by atomic mass is 16.1. The Morgan fingerprint density at radius 2 is 1.81 bits per heavy atom. The van der Waals surface area contributed by atoms with Gasteiger partial charge in [-0.1, -0.05) is 30.3 Å². The van der Waals surface area contributed by atoms with Crippen molar-refractivity contribution in [1.29, 1.82) is 0 Å². The lowest BCUT2D eigenvalue weighted by Crippen LogP contribution is -2.14. The minimum Gasteiger partial charge on any atom is -0.330 e. The number of aldehydes is 1. The van der Waals surface area contributed by atoms with Crippen LogP contribution in [0, 0.1) is 0 Å². The molecule has 0 aliphatic heterocycles. The molecule has 0 saturated carbocycles. The van der Waals surface area contributed by atoms with Gasteiger partial charge in [0.1, 0.15) is 12.1 Å². The summed E-state index contributed by atoms with van der Waals surface area (Å²) < 4.78 is 1.94. The summed E-state index contributed by atoms with van der Waals surface area (Å²) in [4.78, 5) is 22.8. The molecular formula is C17H14N2O2. The van der Waals surface area contributed by atoms with Crippen molar-refractivity contribution in [2.45, 2.75) is 0 Å². The highest BCUT2D eigenvalue weighted by Crippen LogP contribution is 2.22. The van der Waals surface area contributed by atoms with E-state index >= 15 is 0 Å². The molecule has 4 nitrogen and oxygen atoms in total. The standard InChI is InChI=1S/C17H14N2O2/c1-19-15-5-3-2-4-14(15)10-16(19)18-17(21)13-8-6-12(11-20)7-9-13/h2-11H,1H3,(H,18,21). The Morgan fingerprint density at radius 3 is 2.48 bits per heavy atom. The van der Waals surface area contributed by atoms with Gasteiger partial charge in [-0.05, 0) is 24.3 Å². The second-order valence-electron chi connectivity index (χ2n) is 4.84. The maximum atomic E-state index is 12.2. The molecule has 21 heavy (non-hydrogen) atoms. The van der Waals surface area contributed by atoms with Gasteiger partial charge in [-0.2, -0.15) is 0 Å². The van der Waals surface area contributed by atoms with Crippen LogP contribution in [0.4, 0.5) is 5.82 Å². The zero-order valence-corrected chi connectivity index (χ0v) is 11.5. The summed E-state index contributed by atoms with van der Waals surface area (Å²) in [6, 6.07) is 16.4. The van der Waals surface area contributed by atoms with Gasteiger partial charge in [0.25, 0.3) is 5.91 Å². The maximum absolute atomic E-state index is 12.2. The predicted molar refractivity (Wildman–Crippen MR) is 82.7 cm³/mol. The van der Waals surface area contributed by atoms with Crippen molar-refractivity contribution in [1.82, 2.24) is 4.57 Å². The van der Waals surface area contributed by atoms with Crippen LogP contribution in [-0.4, -0.2) is 16.8 Å². The number of nitrogens with one attached hydrogen (secondary N) is 1. The quantitative estimate of drug-likeness (QED) is 0.748. The fraction of sp³-hybridized carbons (Fsp3) is 0.0588. The first-order chi connectivity index (χ1) is 10.2. The van der Waals surface area contributed by atoms with Crippen molar-refractivity contribution >= 4 is 28.9 Å². The molecule has 0 atom stereocenters. The normalized spacial score (nSPS) is 10.5. The summed E-state index contributed by atoms with van der Waals surface area (Å²) in [6.45, 7) is 0. The largest absolute Gasteiger partial charge is 0.330 e. The number of anilines is 1. The monoisotopic (exact) mass is 278 g/mol. The average molecular weight is 278 g/mol. The number of carbonyl (C=O) groups is 2. The minimum absolute atomic E-state index is 0.196. The van der Waals surface area contributed by atoms with E-state index in [0.717, 1.165) is 23.0 Å². The number of hydrogen-bond donors (Lipinski definition) is 1. The molecular weight excluding hydrogens is 264 g/mol. The number of hydrogen-bond acceptors (Lipinski definition) is 2. The number of amides is 1. The Kier molecular flexibility index (Phi) is 3.28. The lowest BCUT2D eigenvalue weighted by molar-refractivity contribution is 0.102. The van der Waals surface area contributed by atoms with E-state index in [4.69, 9.17) is 0 Å². The molecule has 1 amide bonds. The fourth-order valence-corrected chi connectivity index (χ4v) is 2.31. The van der Waals surface area contributed by atoms with Gasteiger partial charge in [-0.15, -0.1) is 0 Å². The van der Waals surface area contributed by atoms with Gasteiger partial charge in [-0.3, -0.25) is 9.59 Å². The lowest BCUT2D eigenvalue weighted by atomic mass is 10.1. The Hall–Kier alpha value is -2.88. The molecule has 3 aromatic rings. The Labute approximate surface area is 122 Å². The molecule has 1 heterocycles. The van der Waals surface area contributed by atoms with Crippen molar-refractivity contribution in [3.63, 3.8) is 0 Å². The van der Waals surface area contributed by atoms with Crippen LogP contribution < -0.4 is 5.32 Å². The maximum Gasteiger partial charge on any atom is 0.256 e. The van der Waals surface area contributed by atoms with Crippen molar-refractivity contribution in [3.8, 4) is 0 Å². The Bertz CT molecular complexity index is 816. The van der Waals surface area contributed by atoms with E-state index in [-0.39, 0.29) is 5.91 Å². The van der Waals surface area contributed by atoms with Crippen molar-refractivity contribution in [2.75, 3.05) is 5.32 Å². The van der Waals surface area contributed by atoms with Crippen molar-refractivity contribution < 1.29 is 9.59 Å². The van der Waals surface area contributed by atoms with E-state index in [1.807, 2.05) is 41.9 Å². The van der Waals surface area contributed by atoms with Gasteiger partial charge >= 0.3 is 0 Å². The van der Waals surface area contributed by atoms with Gasteiger partial charge in [0.05, 0.1) is 0 Å². The number of aromatic nitrogens is 1. The predicted octanol–water partition coefficient (Wildman–Crippen LogP) is 3.24. The average Bonchev–Trinajstić information content (AvgIpc) is 2.84. The lowest BCUT2D eigenvalue weighted by Gasteiger charge is -2.07. The summed E-state index contributed by atoms with van der Waals surface area (Å²) >= 11 is 0. The number of carbonyl (C=O) groups excluding carboxylic acids is 2. The Balaban J connectivity index is 1.88. The van der Waals surface area contributed by atoms with E-state index < -0.39 is 0 Å². The number of para-hydroxylation sites is 1. The second-order valence-corrected chi connectivity index (χ2v) is 4.84. The number of aryl methyl sites for hydroxylation is 1. The molecule has 0 radical (unpaired) electrons. The van der Waals surface area contributed by atoms with Crippen LogP contribution in [0.15, 0.2) is 54.6 Å². The van der Waals surface area contributed by atoms with Gasteiger partial charge in [0, 0.05) is 29.1 Å². The molecule has 0 aliphatic rings. The third kappa shape index (κ3) is 2.43. The van der Waals surface area contributed by atoms with Crippen LogP contribution in [-0.2, 0) is 7.05 Å². The van der Waals surface area contributed by atoms with E-state index in [9.17, 15) is 9.59 Å². The van der Waals surface area contributed by atoms with Crippen molar-refractivity contribution in [3.05, 3.63) is 65.7 Å². The molecule has 1 aromatic heterocycles. The molecule has 0 bridgehead atoms. The first-order valence-electron chi connectivity index (χ1n) is 6.60. The Morgan fingerprint density at radius 1 is 1.10 bits per heavy atom. The van der Waals surface area contributed by atoms with Crippen LogP contribution in [0.3, 0.4) is 0 Å². The zero-order chi connectivity index (χ0) is 14.8. The topological polar surface area (TPSA) is 51.1 Å². The third-order valence-corrected chi connectivity index (χ3v) is 3.50. The first kappa shape index (κ1) is 13.1. The van der Waals surface area contributed by atoms with E-state index in [1.165, 1.54) is 0 Å². The molecule has 0 spiro atoms. The highest BCUT2D eigenvalue weighted by Gasteiger charge is 2.10. The van der Waals surface area contributed by atoms with Gasteiger partial charge in [-0.25, -0.2) is 0 Å². The smallest absolute Gasteiger partial charge is 0.256 e. The van der Waals surface area contributed by atoms with Gasteiger partial charge in [0.2, 0.25) is 0 Å². The summed E-state index contributed by atoms with van der Waals surface area (Å²) in [5.41, 5.74) is 2.13. The second kappa shape index (κ2) is 5.25. The minimum atomic E-state index is -0.196. The van der Waals surface area contributed by atoms with Crippen LogP contribution in [0.1, 0.15) is 20.7 Å². The van der Waals surface area contributed by atoms with Crippen molar-refractivity contribution in [2.24, 2.45) is 7.05 Å². The van der Waals surface area contributed by atoms with E-state index in [1.54, 1.807) is 24.3 Å². The van der Waals surface area contributed by atoms with Crippen LogP contribution >= 0.6 is 0 Å². The summed E-state index contributed by atoms with van der Waals surface area (Å²) in [7, 11) is 1.91. The summed E-state index contributed by atoms with van der Waals surface area (Å²) in [5.74, 6) is 0.541. The molecule has 0 saturated heterocycles. The number of nitrogens with zero attached hydrogens (tertiary/aromatic N) is 1. The zero-order valence-electron chi connectivity index (χ0n) is 11.5. The highest BCUT2D eigenvalue weighted by molar-refractivity contribution is 6.05. The van der Waals surface area contributed by atoms with E-state index in [2.05, 4.69) is 5.32 Å². The molecule has 1 N–H and O–H groups in total. The van der Waals surface area contributed by atoms with Crippen LogP contribution in [0.2, 0.25) is 0 Å². The van der Waals surface area contributed by atoms with Crippen LogP contribution in [0.25, 0.3) is 10.9 Å². The number of benzene rings is 2. The van der Waals surface area contributed by atoms with Gasteiger partial charge in [0.15, 0.2) is 0 Å². The molecule has 0 unspecified atom stereocenters. The molecule has 4 heteroatoms. The first-order valence-corrected chi connectivity index (χ1v) is 6.60. The molecule has 0 fully saturated rings. The number of rotatable bonds is 3. The fourth-order valence-electron chi connectivity index (χ4n) is 2.31. The summed E-state index contributed by atoms with van der Waals surface area (Å²) in [6.07, 6.45) is 0.756. The van der Waals surface area contributed by atoms with Gasteiger partial charge < -0.3 is 9.88 Å².